The molecular weight excluding hydrogens is 606 g/mol. The highest BCUT2D eigenvalue weighted by molar-refractivity contribution is 6.12. The fourth-order valence-electron chi connectivity index (χ4n) is 6.81. The lowest BCUT2D eigenvalue weighted by Gasteiger charge is -2.46. The zero-order chi connectivity index (χ0) is 33.1. The summed E-state index contributed by atoms with van der Waals surface area (Å²) in [6.45, 7) is 1.33. The Kier molecular flexibility index (Phi) is 7.02. The van der Waals surface area contributed by atoms with Gasteiger partial charge in [0.25, 0.3) is 17.5 Å². The molecule has 9 N–H and O–H groups in total. The molecule has 242 valence electrons. The molecule has 3 aromatic carbocycles. The van der Waals surface area contributed by atoms with Gasteiger partial charge in [-0.1, -0.05) is 48.5 Å². The molecule has 15 heteroatoms. The number of amides is 4. The summed E-state index contributed by atoms with van der Waals surface area (Å²) in [5.41, 5.74) is 12.4. The average Bonchev–Trinajstić information content (AvgIpc) is 3.63. The second-order valence-electron chi connectivity index (χ2n) is 11.9. The Balaban J connectivity index is 1.15. The number of carbonyl (C=O) groups is 3. The van der Waals surface area contributed by atoms with Gasteiger partial charge in [0.05, 0.1) is 18.7 Å². The number of carbonyl (C=O) groups excluding carboxylic acids is 3. The van der Waals surface area contributed by atoms with Crippen molar-refractivity contribution in [3.63, 3.8) is 0 Å². The summed E-state index contributed by atoms with van der Waals surface area (Å²) in [5, 5.41) is 29.4. The minimum atomic E-state index is -2.69. The number of aliphatic hydroxyl groups is 2. The maximum Gasteiger partial charge on any atom is 0.343 e. The van der Waals surface area contributed by atoms with Crippen molar-refractivity contribution in [2.24, 2.45) is 16.5 Å². The van der Waals surface area contributed by atoms with Crippen LogP contribution in [0.3, 0.4) is 0 Å². The number of anilines is 1. The molecule has 2 saturated heterocycles. The molecule has 1 unspecified atom stereocenters. The smallest absolute Gasteiger partial charge is 0.343 e. The summed E-state index contributed by atoms with van der Waals surface area (Å²) in [5.74, 6) is -3.02. The van der Waals surface area contributed by atoms with Crippen molar-refractivity contribution < 1.29 is 34.3 Å². The largest absolute Gasteiger partial charge is 0.456 e. The number of hydrogen-bond donors (Lipinski definition) is 7. The summed E-state index contributed by atoms with van der Waals surface area (Å²) < 4.78 is 6.06. The van der Waals surface area contributed by atoms with Gasteiger partial charge in [0.2, 0.25) is 5.79 Å². The number of nitrogens with one attached hydrogen (secondary N) is 3. The predicted octanol–water partition coefficient (Wildman–Crippen LogP) is -1.89. The van der Waals surface area contributed by atoms with Crippen LogP contribution in [0.25, 0.3) is 0 Å². The number of rotatable bonds is 7. The van der Waals surface area contributed by atoms with Crippen LogP contribution in [0.1, 0.15) is 15.9 Å². The molecule has 2 fully saturated rings. The molecule has 1 spiro atoms. The van der Waals surface area contributed by atoms with Crippen molar-refractivity contribution in [3.8, 4) is 11.5 Å². The summed E-state index contributed by atoms with van der Waals surface area (Å²) in [7, 11) is 0. The summed E-state index contributed by atoms with van der Waals surface area (Å²) in [4.78, 5) is 51.5. The second kappa shape index (κ2) is 11.0. The van der Waals surface area contributed by atoms with E-state index in [4.69, 9.17) is 16.2 Å². The van der Waals surface area contributed by atoms with Crippen molar-refractivity contribution in [2.45, 2.75) is 36.5 Å². The van der Waals surface area contributed by atoms with E-state index < -0.39 is 47.4 Å². The van der Waals surface area contributed by atoms with Gasteiger partial charge >= 0.3 is 12.0 Å². The van der Waals surface area contributed by atoms with Crippen molar-refractivity contribution in [1.29, 1.82) is 0 Å². The van der Waals surface area contributed by atoms with Gasteiger partial charge in [0, 0.05) is 5.69 Å². The molecule has 4 amide bonds. The molecule has 7 rings (SSSR count). The van der Waals surface area contributed by atoms with Crippen molar-refractivity contribution >= 4 is 35.5 Å². The van der Waals surface area contributed by atoms with Gasteiger partial charge < -0.3 is 26.0 Å². The van der Waals surface area contributed by atoms with Crippen LogP contribution in [-0.4, -0.2) is 99.0 Å². The van der Waals surface area contributed by atoms with Crippen LogP contribution in [0.2, 0.25) is 0 Å². The Labute approximate surface area is 269 Å². The summed E-state index contributed by atoms with van der Waals surface area (Å²) in [6.07, 6.45) is 0. The van der Waals surface area contributed by atoms with E-state index in [0.29, 0.717) is 11.4 Å². The topological polar surface area (TPSA) is 213 Å². The van der Waals surface area contributed by atoms with E-state index in [-0.39, 0.29) is 42.9 Å². The quantitative estimate of drug-likeness (QED) is 0.113. The number of ether oxygens (including phenoxy) is 1. The minimum absolute atomic E-state index is 0.00341. The molecule has 4 aliphatic heterocycles. The van der Waals surface area contributed by atoms with Crippen LogP contribution in [0.15, 0.2) is 83.9 Å². The van der Waals surface area contributed by atoms with Gasteiger partial charge in [0.15, 0.2) is 12.0 Å². The molecule has 4 atom stereocenters. The number of nitrogens with zero attached hydrogens (tertiary/aromatic N) is 4. The number of hydrogen-bond acceptors (Lipinski definition) is 11. The first-order valence-corrected chi connectivity index (χ1v) is 15.0. The van der Waals surface area contributed by atoms with Gasteiger partial charge in [-0.2, -0.15) is 0 Å². The molecule has 47 heavy (non-hydrogen) atoms. The van der Waals surface area contributed by atoms with E-state index in [2.05, 4.69) is 20.6 Å². The maximum atomic E-state index is 13.7. The van der Waals surface area contributed by atoms with Gasteiger partial charge in [0.1, 0.15) is 30.1 Å². The lowest BCUT2D eigenvalue weighted by Crippen LogP contribution is -2.90. The van der Waals surface area contributed by atoms with Crippen molar-refractivity contribution in [1.82, 2.24) is 20.4 Å². The Morgan fingerprint density at radius 1 is 1.04 bits per heavy atom. The lowest BCUT2D eigenvalue weighted by atomic mass is 9.84. The Morgan fingerprint density at radius 2 is 1.72 bits per heavy atom. The highest BCUT2D eigenvalue weighted by Crippen LogP contribution is 2.42. The van der Waals surface area contributed by atoms with E-state index in [0.717, 1.165) is 10.5 Å². The third-order valence-corrected chi connectivity index (χ3v) is 9.13. The number of aliphatic imine (C=N–C) groups is 1. The molecule has 0 radical (unpaired) electrons. The predicted molar refractivity (Wildman–Crippen MR) is 169 cm³/mol. The van der Waals surface area contributed by atoms with Crippen molar-refractivity contribution in [2.75, 3.05) is 24.5 Å². The number of guanidine groups is 2. The van der Waals surface area contributed by atoms with Gasteiger partial charge in [-0.15, -0.1) is 0 Å². The number of nitrogens with two attached hydrogens (primary N) is 2. The SMILES string of the molecule is Cc1ccccc1Oc1ccccc1C(=O)NC1CN2C(N)=N[C@@H](CN3C(=O)CN(c4ccccc4)C3=O)[C@@H]3[NH+]=C(N)N[C@@]32C1(O)O. The molecule has 0 saturated carbocycles. The molecular formula is C32H34N9O6+. The number of benzene rings is 3. The van der Waals surface area contributed by atoms with Crippen molar-refractivity contribution in [3.05, 3.63) is 90.0 Å². The van der Waals surface area contributed by atoms with Crippen LogP contribution in [0.4, 0.5) is 10.5 Å². The first-order valence-electron chi connectivity index (χ1n) is 15.0. The average molecular weight is 641 g/mol. The second-order valence-corrected chi connectivity index (χ2v) is 11.9. The number of aryl methyl sites for hydroxylation is 1. The molecule has 15 nitrogen and oxygen atoms in total. The molecule has 4 aliphatic rings. The Hall–Kier alpha value is -5.67. The lowest BCUT2D eigenvalue weighted by molar-refractivity contribution is -0.521. The molecule has 3 aromatic rings. The van der Waals surface area contributed by atoms with Crippen LogP contribution in [0.5, 0.6) is 11.5 Å². The fraction of sp³-hybridized carbons (Fsp3) is 0.281. The highest BCUT2D eigenvalue weighted by atomic mass is 16.5. The van der Waals surface area contributed by atoms with Gasteiger partial charge in [-0.25, -0.2) is 15.1 Å². The molecule has 0 bridgehead atoms. The molecule has 0 aliphatic carbocycles. The van der Waals surface area contributed by atoms with Crippen LogP contribution < -0.4 is 36.7 Å². The van der Waals surface area contributed by atoms with Crippen LogP contribution >= 0.6 is 0 Å². The normalized spacial score (nSPS) is 25.9. The molecule has 0 aromatic heterocycles. The monoisotopic (exact) mass is 640 g/mol. The Bertz CT molecular complexity index is 1830. The zero-order valence-corrected chi connectivity index (χ0v) is 25.3. The standard InChI is InChI=1S/C32H33N9O6/c1-18-9-5-7-13-22(18)47-23-14-8-6-12-20(23)27(43)36-24-16-41-29(34)35-21(26-31(41,32(24,45)46)38-28(33)37-26)15-40-25(42)17-39(30(40)44)19-10-3-2-4-11-19/h2-14,21,24,26,45-46H,15-17H2,1H3,(H2,34,35)(H,36,43)(H3,33,37,38)/p+1/t21-,24?,26-,31-/m0/s1. The fourth-order valence-corrected chi connectivity index (χ4v) is 6.81. The van der Waals surface area contributed by atoms with E-state index in [1.54, 1.807) is 60.7 Å². The van der Waals surface area contributed by atoms with E-state index in [1.165, 1.54) is 9.80 Å². The van der Waals surface area contributed by atoms with Gasteiger partial charge in [-0.05, 0) is 42.8 Å². The number of para-hydroxylation sites is 3. The highest BCUT2D eigenvalue weighted by Gasteiger charge is 2.76. The minimum Gasteiger partial charge on any atom is -0.456 e. The van der Waals surface area contributed by atoms with E-state index in [1.807, 2.05) is 25.1 Å². The van der Waals surface area contributed by atoms with E-state index in [9.17, 15) is 24.6 Å². The van der Waals surface area contributed by atoms with Crippen LogP contribution in [-0.2, 0) is 4.79 Å². The maximum absolute atomic E-state index is 13.7. The summed E-state index contributed by atoms with van der Waals surface area (Å²) >= 11 is 0. The van der Waals surface area contributed by atoms with E-state index >= 15 is 0 Å². The van der Waals surface area contributed by atoms with Crippen LogP contribution in [0, 0.1) is 6.92 Å². The number of imide groups is 1. The zero-order valence-electron chi connectivity index (χ0n) is 25.3. The summed E-state index contributed by atoms with van der Waals surface area (Å²) in [6, 6.07) is 19.0. The Morgan fingerprint density at radius 3 is 2.47 bits per heavy atom. The number of urea groups is 1. The third kappa shape index (κ3) is 4.70. The molecule has 4 heterocycles. The first-order chi connectivity index (χ1) is 22.5. The third-order valence-electron chi connectivity index (χ3n) is 9.13. The van der Waals surface area contributed by atoms with Gasteiger partial charge in [-0.3, -0.25) is 35.0 Å². The first kappa shape index (κ1) is 30.0.